The van der Waals surface area contributed by atoms with E-state index in [1.165, 1.54) is 19.3 Å². The molecule has 3 rings (SSSR count). The fraction of sp³-hybridized carbons (Fsp3) is 0.933. The first-order valence-electron chi connectivity index (χ1n) is 7.92. The van der Waals surface area contributed by atoms with Crippen molar-refractivity contribution in [3.05, 3.63) is 0 Å². The van der Waals surface area contributed by atoms with E-state index in [1.54, 1.807) is 0 Å². The predicted octanol–water partition coefficient (Wildman–Crippen LogP) is 2.24. The lowest BCUT2D eigenvalue weighted by atomic mass is 9.80. The van der Waals surface area contributed by atoms with E-state index in [4.69, 9.17) is 10.5 Å². The lowest BCUT2D eigenvalue weighted by molar-refractivity contribution is -0.156. The third-order valence-electron chi connectivity index (χ3n) is 5.16. The van der Waals surface area contributed by atoms with Crippen molar-refractivity contribution < 1.29 is 9.53 Å². The monoisotopic (exact) mass is 302 g/mol. The highest BCUT2D eigenvalue weighted by Crippen LogP contribution is 2.33. The molecule has 0 radical (unpaired) electrons. The molecule has 2 N–H and O–H groups in total. The number of ether oxygens (including phenoxy) is 1. The second-order valence-corrected chi connectivity index (χ2v) is 6.48. The topological polar surface area (TPSA) is 55.6 Å². The van der Waals surface area contributed by atoms with E-state index in [9.17, 15) is 4.79 Å². The Kier molecular flexibility index (Phi) is 5.32. The Morgan fingerprint density at radius 3 is 2.55 bits per heavy atom. The van der Waals surface area contributed by atoms with Gasteiger partial charge in [0.05, 0.1) is 24.3 Å². The molecule has 116 valence electrons. The standard InChI is InChI=1S/C15H26N2O2.ClH/c16-15(8-4-1-5-9-15)14(18)17-10-11-19-13-7-3-2-6-12(13)17;/h12-13H,1-11,16H2;1H. The Morgan fingerprint density at radius 2 is 1.80 bits per heavy atom. The summed E-state index contributed by atoms with van der Waals surface area (Å²) in [6.07, 6.45) is 10.0. The van der Waals surface area contributed by atoms with Crippen LogP contribution in [0.15, 0.2) is 0 Å². The van der Waals surface area contributed by atoms with Crippen LogP contribution < -0.4 is 5.73 Å². The molecule has 3 fully saturated rings. The van der Waals surface area contributed by atoms with Gasteiger partial charge in [-0.15, -0.1) is 12.4 Å². The minimum Gasteiger partial charge on any atom is -0.374 e. The number of carbonyl (C=O) groups is 1. The smallest absolute Gasteiger partial charge is 0.243 e. The highest BCUT2D eigenvalue weighted by molar-refractivity contribution is 5.86. The van der Waals surface area contributed by atoms with E-state index in [0.717, 1.165) is 45.1 Å². The zero-order valence-corrected chi connectivity index (χ0v) is 13.0. The van der Waals surface area contributed by atoms with Crippen molar-refractivity contribution in [2.24, 2.45) is 5.73 Å². The number of nitrogens with zero attached hydrogens (tertiary/aromatic N) is 1. The van der Waals surface area contributed by atoms with Crippen molar-refractivity contribution in [3.8, 4) is 0 Å². The Labute approximate surface area is 127 Å². The van der Waals surface area contributed by atoms with Gasteiger partial charge in [-0.05, 0) is 25.7 Å². The van der Waals surface area contributed by atoms with Gasteiger partial charge < -0.3 is 15.4 Å². The number of halogens is 1. The van der Waals surface area contributed by atoms with Crippen LogP contribution in [0.4, 0.5) is 0 Å². The van der Waals surface area contributed by atoms with Crippen LogP contribution in [0.3, 0.4) is 0 Å². The van der Waals surface area contributed by atoms with Gasteiger partial charge in [-0.3, -0.25) is 4.79 Å². The molecular weight excluding hydrogens is 276 g/mol. The molecule has 1 heterocycles. The van der Waals surface area contributed by atoms with Gasteiger partial charge in [0.25, 0.3) is 0 Å². The van der Waals surface area contributed by atoms with E-state index in [2.05, 4.69) is 4.90 Å². The molecule has 20 heavy (non-hydrogen) atoms. The van der Waals surface area contributed by atoms with Gasteiger partial charge in [-0.1, -0.05) is 32.1 Å². The van der Waals surface area contributed by atoms with Crippen LogP contribution in [-0.2, 0) is 9.53 Å². The molecule has 4 nitrogen and oxygen atoms in total. The van der Waals surface area contributed by atoms with E-state index in [0.29, 0.717) is 6.61 Å². The molecule has 2 saturated carbocycles. The van der Waals surface area contributed by atoms with Gasteiger partial charge in [-0.25, -0.2) is 0 Å². The average molecular weight is 303 g/mol. The van der Waals surface area contributed by atoms with Crippen molar-refractivity contribution in [3.63, 3.8) is 0 Å². The molecule has 2 atom stereocenters. The Hall–Kier alpha value is -0.320. The number of nitrogens with two attached hydrogens (primary N) is 1. The number of morpholine rings is 1. The summed E-state index contributed by atoms with van der Waals surface area (Å²) >= 11 is 0. The van der Waals surface area contributed by atoms with Crippen molar-refractivity contribution in [1.29, 1.82) is 0 Å². The zero-order valence-electron chi connectivity index (χ0n) is 12.2. The highest BCUT2D eigenvalue weighted by atomic mass is 35.5. The summed E-state index contributed by atoms with van der Waals surface area (Å²) in [4.78, 5) is 14.9. The lowest BCUT2D eigenvalue weighted by Gasteiger charge is -2.47. The van der Waals surface area contributed by atoms with Gasteiger partial charge in [0, 0.05) is 6.54 Å². The van der Waals surface area contributed by atoms with Crippen molar-refractivity contribution in [2.75, 3.05) is 13.2 Å². The highest BCUT2D eigenvalue weighted by Gasteiger charge is 2.44. The summed E-state index contributed by atoms with van der Waals surface area (Å²) in [5, 5.41) is 0. The molecule has 0 bridgehead atoms. The van der Waals surface area contributed by atoms with E-state index in [1.807, 2.05) is 0 Å². The van der Waals surface area contributed by atoms with Crippen LogP contribution in [0, 0.1) is 0 Å². The summed E-state index contributed by atoms with van der Waals surface area (Å²) in [5.74, 6) is 0.201. The quantitative estimate of drug-likeness (QED) is 0.808. The molecule has 0 aromatic carbocycles. The molecule has 1 saturated heterocycles. The first-order chi connectivity index (χ1) is 9.21. The first-order valence-corrected chi connectivity index (χ1v) is 7.92. The van der Waals surface area contributed by atoms with E-state index >= 15 is 0 Å². The summed E-state index contributed by atoms with van der Waals surface area (Å²) in [6.45, 7) is 1.42. The second kappa shape index (κ2) is 6.63. The van der Waals surface area contributed by atoms with Crippen molar-refractivity contribution in [2.45, 2.75) is 75.5 Å². The third kappa shape index (κ3) is 2.97. The molecule has 5 heteroatoms. The first kappa shape index (κ1) is 16.1. The van der Waals surface area contributed by atoms with Crippen LogP contribution in [0.5, 0.6) is 0 Å². The van der Waals surface area contributed by atoms with Gasteiger partial charge in [-0.2, -0.15) is 0 Å². The summed E-state index contributed by atoms with van der Waals surface area (Å²) in [6, 6.07) is 0.289. The maximum Gasteiger partial charge on any atom is 0.243 e. The van der Waals surface area contributed by atoms with E-state index < -0.39 is 5.54 Å². The normalized spacial score (nSPS) is 33.0. The predicted molar refractivity (Wildman–Crippen MR) is 81.0 cm³/mol. The minimum absolute atomic E-state index is 0. The van der Waals surface area contributed by atoms with Gasteiger partial charge in [0.1, 0.15) is 0 Å². The average Bonchev–Trinajstić information content (AvgIpc) is 2.47. The fourth-order valence-electron chi connectivity index (χ4n) is 4.03. The SMILES string of the molecule is Cl.NC1(C(=O)N2CCOC3CCCCC32)CCCCC1. The second-order valence-electron chi connectivity index (χ2n) is 6.48. The number of fused-ring (bicyclic) bond motifs is 1. The third-order valence-corrected chi connectivity index (χ3v) is 5.16. The zero-order chi connectivity index (χ0) is 13.3. The molecule has 2 aliphatic carbocycles. The molecular formula is C15H27ClN2O2. The number of amides is 1. The number of rotatable bonds is 1. The molecule has 2 unspecified atom stereocenters. The molecule has 1 aliphatic heterocycles. The van der Waals surface area contributed by atoms with Gasteiger partial charge >= 0.3 is 0 Å². The van der Waals surface area contributed by atoms with Crippen LogP contribution in [0.2, 0.25) is 0 Å². The largest absolute Gasteiger partial charge is 0.374 e. The molecule has 1 amide bonds. The minimum atomic E-state index is -0.586. The van der Waals surface area contributed by atoms with Gasteiger partial charge in [0.2, 0.25) is 5.91 Å². The Bertz CT molecular complexity index is 343. The molecule has 0 spiro atoms. The van der Waals surface area contributed by atoms with Gasteiger partial charge in [0.15, 0.2) is 0 Å². The molecule has 3 aliphatic rings. The Morgan fingerprint density at radius 1 is 1.10 bits per heavy atom. The maximum absolute atomic E-state index is 12.9. The summed E-state index contributed by atoms with van der Waals surface area (Å²) in [7, 11) is 0. The van der Waals surface area contributed by atoms with Crippen molar-refractivity contribution in [1.82, 2.24) is 4.90 Å². The van der Waals surface area contributed by atoms with Crippen LogP contribution >= 0.6 is 12.4 Å². The maximum atomic E-state index is 12.9. The number of carbonyl (C=O) groups excluding carboxylic acids is 1. The molecule has 0 aromatic rings. The van der Waals surface area contributed by atoms with Crippen LogP contribution in [-0.4, -0.2) is 41.6 Å². The summed E-state index contributed by atoms with van der Waals surface area (Å²) in [5.41, 5.74) is 5.84. The van der Waals surface area contributed by atoms with Crippen molar-refractivity contribution >= 4 is 18.3 Å². The number of hydrogen-bond donors (Lipinski definition) is 1. The Balaban J connectivity index is 0.00000147. The number of hydrogen-bond acceptors (Lipinski definition) is 3. The molecule has 0 aromatic heterocycles. The van der Waals surface area contributed by atoms with Crippen LogP contribution in [0.1, 0.15) is 57.8 Å². The summed E-state index contributed by atoms with van der Waals surface area (Å²) < 4.78 is 5.85. The van der Waals surface area contributed by atoms with E-state index in [-0.39, 0.29) is 30.5 Å². The lowest BCUT2D eigenvalue weighted by Crippen LogP contribution is -2.63. The van der Waals surface area contributed by atoms with Crippen LogP contribution in [0.25, 0.3) is 0 Å². The fourth-order valence-corrected chi connectivity index (χ4v) is 4.03.